The number of hydrogen-bond acceptors (Lipinski definition) is 3. The van der Waals surface area contributed by atoms with Gasteiger partial charge in [0.15, 0.2) is 0 Å². The summed E-state index contributed by atoms with van der Waals surface area (Å²) in [5.41, 5.74) is 2.43. The van der Waals surface area contributed by atoms with Crippen LogP contribution in [-0.2, 0) is 0 Å². The zero-order valence-electron chi connectivity index (χ0n) is 11.6. The molecular formula is C16H20N4. The molecule has 1 N–H and O–H groups in total. The first kappa shape index (κ1) is 12.8. The highest BCUT2D eigenvalue weighted by Gasteiger charge is 2.12. The lowest BCUT2D eigenvalue weighted by Crippen LogP contribution is -2.17. The fraction of sp³-hybridized carbons (Fsp3) is 0.312. The van der Waals surface area contributed by atoms with E-state index in [4.69, 9.17) is 0 Å². The third-order valence-electron chi connectivity index (χ3n) is 3.64. The number of nitrogens with zero attached hydrogens (tertiary/aromatic N) is 3. The van der Waals surface area contributed by atoms with E-state index >= 15 is 0 Å². The zero-order valence-corrected chi connectivity index (χ0v) is 11.6. The Labute approximate surface area is 119 Å². The van der Waals surface area contributed by atoms with E-state index in [0.29, 0.717) is 6.54 Å². The van der Waals surface area contributed by atoms with E-state index in [1.165, 1.54) is 31.6 Å². The Morgan fingerprint density at radius 3 is 2.55 bits per heavy atom. The number of rotatable bonds is 5. The van der Waals surface area contributed by atoms with Crippen LogP contribution in [-0.4, -0.2) is 29.2 Å². The summed E-state index contributed by atoms with van der Waals surface area (Å²) in [5, 5.41) is 3.23. The third kappa shape index (κ3) is 2.54. The molecule has 1 fully saturated rings. The largest absolute Gasteiger partial charge is 0.372 e. The fourth-order valence-corrected chi connectivity index (χ4v) is 2.61. The van der Waals surface area contributed by atoms with Gasteiger partial charge in [0.25, 0.3) is 0 Å². The van der Waals surface area contributed by atoms with Crippen LogP contribution >= 0.6 is 0 Å². The number of nitrogens with one attached hydrogen (secondary N) is 1. The molecule has 20 heavy (non-hydrogen) atoms. The molecule has 1 aromatic heterocycles. The summed E-state index contributed by atoms with van der Waals surface area (Å²) in [4.78, 5) is 6.76. The molecule has 0 radical (unpaired) electrons. The molecule has 0 bridgehead atoms. The fourth-order valence-electron chi connectivity index (χ4n) is 2.61. The quantitative estimate of drug-likeness (QED) is 0.846. The van der Waals surface area contributed by atoms with Gasteiger partial charge in [-0.3, -0.25) is 4.57 Å². The SMILES string of the molecule is C=CCNc1nccn1-c1ccc(N2CCCC2)cc1. The first-order valence-electron chi connectivity index (χ1n) is 7.12. The minimum Gasteiger partial charge on any atom is -0.372 e. The van der Waals surface area contributed by atoms with E-state index in [9.17, 15) is 0 Å². The molecule has 0 aliphatic carbocycles. The van der Waals surface area contributed by atoms with Gasteiger partial charge >= 0.3 is 0 Å². The molecule has 2 aromatic rings. The van der Waals surface area contributed by atoms with Crippen LogP contribution < -0.4 is 10.2 Å². The molecular weight excluding hydrogens is 248 g/mol. The molecule has 104 valence electrons. The summed E-state index contributed by atoms with van der Waals surface area (Å²) in [6.45, 7) is 6.78. The Kier molecular flexibility index (Phi) is 3.72. The highest BCUT2D eigenvalue weighted by molar-refractivity contribution is 5.53. The molecule has 2 heterocycles. The van der Waals surface area contributed by atoms with Crippen LogP contribution in [0, 0.1) is 0 Å². The van der Waals surface area contributed by atoms with Gasteiger partial charge in [-0.1, -0.05) is 6.08 Å². The van der Waals surface area contributed by atoms with E-state index in [1.54, 1.807) is 6.20 Å². The van der Waals surface area contributed by atoms with Gasteiger partial charge in [-0.05, 0) is 37.1 Å². The molecule has 1 aliphatic rings. The van der Waals surface area contributed by atoms with Gasteiger partial charge < -0.3 is 10.2 Å². The predicted octanol–water partition coefficient (Wildman–Crippen LogP) is 3.07. The molecule has 0 saturated carbocycles. The summed E-state index contributed by atoms with van der Waals surface area (Å²) in [5.74, 6) is 0.846. The second-order valence-electron chi connectivity index (χ2n) is 5.00. The second-order valence-corrected chi connectivity index (χ2v) is 5.00. The molecule has 1 aromatic carbocycles. The van der Waals surface area contributed by atoms with Crippen LogP contribution in [0.25, 0.3) is 5.69 Å². The standard InChI is InChI=1S/C16H20N4/c1-2-9-17-16-18-10-13-20(16)15-7-5-14(6-8-15)19-11-3-4-12-19/h2,5-8,10,13H,1,3-4,9,11-12H2,(H,17,18). The maximum atomic E-state index is 4.32. The van der Waals surface area contributed by atoms with Gasteiger partial charge in [-0.15, -0.1) is 6.58 Å². The minimum absolute atomic E-state index is 0.711. The Morgan fingerprint density at radius 2 is 1.85 bits per heavy atom. The van der Waals surface area contributed by atoms with Crippen molar-refractivity contribution in [2.75, 3.05) is 29.9 Å². The summed E-state index contributed by atoms with van der Waals surface area (Å²) in [6.07, 6.45) is 8.21. The van der Waals surface area contributed by atoms with Gasteiger partial charge in [0.05, 0.1) is 0 Å². The van der Waals surface area contributed by atoms with E-state index in [0.717, 1.165) is 11.6 Å². The van der Waals surface area contributed by atoms with Gasteiger partial charge in [0.2, 0.25) is 5.95 Å². The van der Waals surface area contributed by atoms with Gasteiger partial charge in [-0.2, -0.15) is 0 Å². The molecule has 0 spiro atoms. The number of hydrogen-bond donors (Lipinski definition) is 1. The molecule has 1 aliphatic heterocycles. The number of anilines is 2. The van der Waals surface area contributed by atoms with Crippen LogP contribution in [0.3, 0.4) is 0 Å². The van der Waals surface area contributed by atoms with E-state index < -0.39 is 0 Å². The van der Waals surface area contributed by atoms with Gasteiger partial charge in [-0.25, -0.2) is 4.98 Å². The summed E-state index contributed by atoms with van der Waals surface area (Å²) in [6, 6.07) is 8.68. The van der Waals surface area contributed by atoms with Gasteiger partial charge in [0.1, 0.15) is 0 Å². The zero-order chi connectivity index (χ0) is 13.8. The topological polar surface area (TPSA) is 33.1 Å². The number of imidazole rings is 1. The van der Waals surface area contributed by atoms with Crippen molar-refractivity contribution in [2.45, 2.75) is 12.8 Å². The van der Waals surface area contributed by atoms with Crippen LogP contribution in [0.4, 0.5) is 11.6 Å². The van der Waals surface area contributed by atoms with Crippen LogP contribution in [0.5, 0.6) is 0 Å². The first-order valence-corrected chi connectivity index (χ1v) is 7.12. The van der Waals surface area contributed by atoms with Crippen molar-refractivity contribution in [1.82, 2.24) is 9.55 Å². The van der Waals surface area contributed by atoms with Crippen molar-refractivity contribution in [2.24, 2.45) is 0 Å². The Bertz CT molecular complexity index is 564. The molecule has 4 heteroatoms. The molecule has 0 amide bonds. The Morgan fingerprint density at radius 1 is 1.15 bits per heavy atom. The van der Waals surface area contributed by atoms with E-state index in [2.05, 4.69) is 50.6 Å². The highest BCUT2D eigenvalue weighted by Crippen LogP contribution is 2.22. The molecule has 3 rings (SSSR count). The van der Waals surface area contributed by atoms with E-state index in [-0.39, 0.29) is 0 Å². The van der Waals surface area contributed by atoms with E-state index in [1.807, 2.05) is 12.3 Å². The van der Waals surface area contributed by atoms with Crippen LogP contribution in [0.1, 0.15) is 12.8 Å². The summed E-state index contributed by atoms with van der Waals surface area (Å²) in [7, 11) is 0. The normalized spacial score (nSPS) is 14.5. The minimum atomic E-state index is 0.711. The average Bonchev–Trinajstić information content (AvgIpc) is 3.16. The first-order chi connectivity index (χ1) is 9.88. The Balaban J connectivity index is 1.80. The number of benzene rings is 1. The smallest absolute Gasteiger partial charge is 0.207 e. The van der Waals surface area contributed by atoms with Crippen molar-refractivity contribution in [1.29, 1.82) is 0 Å². The van der Waals surface area contributed by atoms with Crippen molar-refractivity contribution < 1.29 is 0 Å². The van der Waals surface area contributed by atoms with Crippen molar-refractivity contribution >= 4 is 11.6 Å². The monoisotopic (exact) mass is 268 g/mol. The molecule has 0 unspecified atom stereocenters. The van der Waals surface area contributed by atoms with Gasteiger partial charge in [0, 0.05) is 43.4 Å². The lowest BCUT2D eigenvalue weighted by atomic mass is 10.2. The average molecular weight is 268 g/mol. The molecule has 0 atom stereocenters. The maximum Gasteiger partial charge on any atom is 0.207 e. The second kappa shape index (κ2) is 5.82. The highest BCUT2D eigenvalue weighted by atomic mass is 15.2. The lowest BCUT2D eigenvalue weighted by Gasteiger charge is -2.18. The van der Waals surface area contributed by atoms with Crippen molar-refractivity contribution in [3.8, 4) is 5.69 Å². The van der Waals surface area contributed by atoms with Crippen LogP contribution in [0.2, 0.25) is 0 Å². The third-order valence-corrected chi connectivity index (χ3v) is 3.64. The Hall–Kier alpha value is -2.23. The van der Waals surface area contributed by atoms with Crippen molar-refractivity contribution in [3.63, 3.8) is 0 Å². The maximum absolute atomic E-state index is 4.32. The van der Waals surface area contributed by atoms with Crippen LogP contribution in [0.15, 0.2) is 49.3 Å². The summed E-state index contributed by atoms with van der Waals surface area (Å²) < 4.78 is 2.05. The molecule has 1 saturated heterocycles. The summed E-state index contributed by atoms with van der Waals surface area (Å²) >= 11 is 0. The predicted molar refractivity (Wildman–Crippen MR) is 83.7 cm³/mol. The van der Waals surface area contributed by atoms with Crippen molar-refractivity contribution in [3.05, 3.63) is 49.3 Å². The number of aromatic nitrogens is 2. The molecule has 4 nitrogen and oxygen atoms in total. The lowest BCUT2D eigenvalue weighted by molar-refractivity contribution is 0.949.